The molecule has 134 heavy (non-hydrogen) atoms. The molecule has 0 saturated carbocycles. The largest absolute Gasteiger partial charge is 0.309 e. The summed E-state index contributed by atoms with van der Waals surface area (Å²) in [4.78, 5) is 8.72. The summed E-state index contributed by atoms with van der Waals surface area (Å²) in [5.41, 5.74) is 36.2. The third-order valence-electron chi connectivity index (χ3n) is 26.5. The van der Waals surface area contributed by atoms with Crippen molar-refractivity contribution in [3.05, 3.63) is 463 Å². The van der Waals surface area contributed by atoms with Crippen molar-refractivity contribution in [2.45, 2.75) is 176 Å². The molecule has 17 aromatic carbocycles. The molecule has 21 rings (SSSR count). The Kier molecular flexibility index (Phi) is 26.8. The zero-order chi connectivity index (χ0) is 94.5. The van der Waals surface area contributed by atoms with Gasteiger partial charge in [0, 0.05) is 45.0 Å². The maximum absolute atomic E-state index is 4.36. The molecule has 0 saturated heterocycles. The Morgan fingerprint density at radius 1 is 0.194 bits per heavy atom. The maximum atomic E-state index is 4.36. The van der Waals surface area contributed by atoms with Crippen LogP contribution in [0.3, 0.4) is 0 Å². The third-order valence-corrected chi connectivity index (χ3v) is 26.5. The van der Waals surface area contributed by atoms with Crippen LogP contribution in [0.1, 0.15) is 183 Å². The molecule has 0 N–H and O–H groups in total. The smallest absolute Gasteiger partial charge is 0.0702 e. The minimum atomic E-state index is 0.0839. The van der Waals surface area contributed by atoms with E-state index in [4.69, 9.17) is 0 Å². The fourth-order valence-electron chi connectivity index (χ4n) is 18.3. The van der Waals surface area contributed by atoms with Gasteiger partial charge in [0.1, 0.15) is 0 Å². The summed E-state index contributed by atoms with van der Waals surface area (Å²) in [6, 6.07) is 147. The highest BCUT2D eigenvalue weighted by Gasteiger charge is 2.35. The second-order valence-corrected chi connectivity index (χ2v) is 42.7. The van der Waals surface area contributed by atoms with Crippen molar-refractivity contribution in [2.75, 3.05) is 0 Å². The molecule has 668 valence electrons. The normalized spacial score (nSPS) is 12.4. The minimum absolute atomic E-state index is 0.0839. The van der Waals surface area contributed by atoms with E-state index in [1.54, 1.807) is 0 Å². The average Bonchev–Trinajstić information content (AvgIpc) is 1.59. The Labute approximate surface area is 797 Å². The average molecular weight is 1750 g/mol. The van der Waals surface area contributed by atoms with Gasteiger partial charge in [0.2, 0.25) is 0 Å². The molecular formula is C131H129N3. The van der Waals surface area contributed by atoms with Gasteiger partial charge in [-0.15, -0.1) is 0 Å². The molecule has 1 aliphatic rings. The molecule has 0 bridgehead atoms. The lowest BCUT2D eigenvalue weighted by atomic mass is 9.82. The summed E-state index contributed by atoms with van der Waals surface area (Å²) in [5, 5.41) is 10.3. The zero-order valence-corrected chi connectivity index (χ0v) is 82.2. The molecule has 20 aromatic rings. The lowest BCUT2D eigenvalue weighted by molar-refractivity contribution is 0.590. The van der Waals surface area contributed by atoms with Gasteiger partial charge in [0.15, 0.2) is 0 Å². The molecule has 0 aliphatic heterocycles. The molecule has 1 aliphatic carbocycles. The van der Waals surface area contributed by atoms with Crippen LogP contribution in [0.2, 0.25) is 0 Å². The second-order valence-electron chi connectivity index (χ2n) is 42.7. The first kappa shape index (κ1) is 93.1. The van der Waals surface area contributed by atoms with Crippen molar-refractivity contribution in [3.63, 3.8) is 0 Å². The first-order chi connectivity index (χ1) is 64.0. The van der Waals surface area contributed by atoms with Crippen LogP contribution in [0.15, 0.2) is 419 Å². The lowest BCUT2D eigenvalue weighted by Crippen LogP contribution is -2.14. The van der Waals surface area contributed by atoms with Crippen LogP contribution in [0.4, 0.5) is 0 Å². The van der Waals surface area contributed by atoms with E-state index < -0.39 is 0 Å². The highest BCUT2D eigenvalue weighted by Crippen LogP contribution is 2.50. The minimum Gasteiger partial charge on any atom is -0.309 e. The van der Waals surface area contributed by atoms with E-state index in [2.05, 4.69) is 547 Å². The van der Waals surface area contributed by atoms with Gasteiger partial charge in [-0.1, -0.05) is 472 Å². The summed E-state index contributed by atoms with van der Waals surface area (Å²) in [5.74, 6) is 0. The molecule has 3 heteroatoms. The zero-order valence-electron chi connectivity index (χ0n) is 82.2. The molecule has 0 atom stereocenters. The van der Waals surface area contributed by atoms with Crippen LogP contribution in [0.5, 0.6) is 0 Å². The van der Waals surface area contributed by atoms with Crippen molar-refractivity contribution in [2.24, 2.45) is 0 Å². The Morgan fingerprint density at radius 2 is 0.485 bits per heavy atom. The van der Waals surface area contributed by atoms with Gasteiger partial charge < -0.3 is 4.57 Å². The van der Waals surface area contributed by atoms with Crippen molar-refractivity contribution in [1.82, 2.24) is 14.5 Å². The van der Waals surface area contributed by atoms with E-state index in [0.29, 0.717) is 0 Å². The van der Waals surface area contributed by atoms with Gasteiger partial charge >= 0.3 is 0 Å². The lowest BCUT2D eigenvalue weighted by Gasteiger charge is -2.21. The van der Waals surface area contributed by atoms with E-state index in [9.17, 15) is 0 Å². The predicted octanol–water partition coefficient (Wildman–Crippen LogP) is 36.7. The standard InChI is InChI=1S/C25H26.C24H22.C22H21N.C22H22.2C19H19N/c1-24(2,3)19-13-10-17(11-14-19)18-12-15-23-21(16-18)20-8-6-7-9-22(20)25(23,4)5;1-24(2,3)19-14-12-17(13-15-19)23-16-18-8-4-5-9-20(18)21-10-6-7-11-22(21)23;1-22(2,3)16-12-14-17(15-13-16)23-20-10-6-4-8-18(20)19-9-5-7-11-21(19)23;1-22(2,3)21-15-13-20(14-16-21)19-11-9-18(10-12-19)17-7-5-4-6-8-17;2*1-19(2,3)17-9-6-14(7-10-17)15-8-11-18-16(13-15)5-4-12-20-18/h6-16H,1-5H3;4-16H,1-3H3;4-15H,1-3H3;4-16H,1-3H3;2*4-13H,1-3H3. The number of nitrogens with zero attached hydrogens (tertiary/aromatic N) is 3. The van der Waals surface area contributed by atoms with E-state index in [1.807, 2.05) is 24.5 Å². The highest BCUT2D eigenvalue weighted by molar-refractivity contribution is 6.14. The molecule has 0 amide bonds. The molecule has 0 fully saturated rings. The summed E-state index contributed by atoms with van der Waals surface area (Å²) in [6.07, 6.45) is 3.67. The summed E-state index contributed by atoms with van der Waals surface area (Å²) < 4.78 is 2.36. The maximum Gasteiger partial charge on any atom is 0.0702 e. The second kappa shape index (κ2) is 38.6. The fourth-order valence-corrected chi connectivity index (χ4v) is 18.3. The van der Waals surface area contributed by atoms with E-state index in [0.717, 1.165) is 11.0 Å². The molecular weight excluding hydrogens is 1620 g/mol. The van der Waals surface area contributed by atoms with Crippen molar-refractivity contribution >= 4 is 65.2 Å². The highest BCUT2D eigenvalue weighted by atomic mass is 15.0. The number of rotatable bonds is 7. The van der Waals surface area contributed by atoms with Crippen LogP contribution in [0.25, 0.3) is 149 Å². The quantitative estimate of drug-likeness (QED) is 0.149. The van der Waals surface area contributed by atoms with Crippen molar-refractivity contribution in [1.29, 1.82) is 0 Å². The Morgan fingerprint density at radius 3 is 0.903 bits per heavy atom. The van der Waals surface area contributed by atoms with Crippen LogP contribution < -0.4 is 0 Å². The van der Waals surface area contributed by atoms with Gasteiger partial charge in [-0.25, -0.2) is 0 Å². The van der Waals surface area contributed by atoms with Gasteiger partial charge in [0.25, 0.3) is 0 Å². The van der Waals surface area contributed by atoms with Gasteiger partial charge in [-0.2, -0.15) is 0 Å². The Balaban J connectivity index is 0.000000117. The summed E-state index contributed by atoms with van der Waals surface area (Å²) in [7, 11) is 0. The first-order valence-corrected chi connectivity index (χ1v) is 47.6. The monoisotopic (exact) mass is 1740 g/mol. The summed E-state index contributed by atoms with van der Waals surface area (Å²) >= 11 is 0. The topological polar surface area (TPSA) is 30.7 Å². The molecule has 0 radical (unpaired) electrons. The number of pyridine rings is 2. The van der Waals surface area contributed by atoms with Crippen molar-refractivity contribution < 1.29 is 0 Å². The molecule has 3 aromatic heterocycles. The van der Waals surface area contributed by atoms with Gasteiger partial charge in [0.05, 0.1) is 22.1 Å². The number of aromatic nitrogens is 3. The van der Waals surface area contributed by atoms with Crippen LogP contribution in [-0.4, -0.2) is 14.5 Å². The first-order valence-electron chi connectivity index (χ1n) is 47.6. The molecule has 3 heterocycles. The number of hydrogen-bond acceptors (Lipinski definition) is 2. The van der Waals surface area contributed by atoms with Crippen LogP contribution in [-0.2, 0) is 37.9 Å². The number of hydrogen-bond donors (Lipinski definition) is 0. The Bertz CT molecular complexity index is 7270. The SMILES string of the molecule is CC(C)(C)c1ccc(-c2cc3ccccc3c3ccccc23)cc1.CC(C)(C)c1ccc(-c2ccc(-c3ccccc3)cc2)cc1.CC(C)(C)c1ccc(-c2ccc3c(c2)-c2ccccc2C3(C)C)cc1.CC(C)(C)c1ccc(-c2ccc3ncccc3c2)cc1.CC(C)(C)c1ccc(-c2ccc3ncccc3c2)cc1.CC(C)(C)c1ccc(-n2c3ccccc3c3ccccc32)cc1. The third kappa shape index (κ3) is 21.2. The molecule has 0 unspecified atom stereocenters. The van der Waals surface area contributed by atoms with E-state index in [1.165, 1.54) is 182 Å². The number of fused-ring (bicyclic) bond motifs is 11. The fraction of sp³-hybridized carbons (Fsp3) is 0.206. The van der Waals surface area contributed by atoms with E-state index in [-0.39, 0.29) is 37.9 Å². The van der Waals surface area contributed by atoms with E-state index >= 15 is 0 Å². The number of para-hydroxylation sites is 2. The summed E-state index contributed by atoms with van der Waals surface area (Å²) in [6.45, 7) is 45.1. The van der Waals surface area contributed by atoms with Gasteiger partial charge in [-0.05, 0) is 249 Å². The van der Waals surface area contributed by atoms with Crippen LogP contribution >= 0.6 is 0 Å². The predicted molar refractivity (Wildman–Crippen MR) is 581 cm³/mol. The molecule has 0 spiro atoms. The van der Waals surface area contributed by atoms with Crippen LogP contribution in [0, 0.1) is 0 Å². The van der Waals surface area contributed by atoms with Crippen molar-refractivity contribution in [3.8, 4) is 83.6 Å². The molecule has 3 nitrogen and oxygen atoms in total. The number of benzene rings is 17. The Hall–Kier alpha value is -14.1. The van der Waals surface area contributed by atoms with Gasteiger partial charge in [-0.3, -0.25) is 9.97 Å².